The van der Waals surface area contributed by atoms with Crippen molar-refractivity contribution in [2.45, 2.75) is 43.7 Å². The van der Waals surface area contributed by atoms with Gasteiger partial charge in [-0.25, -0.2) is 0 Å². The second kappa shape index (κ2) is 6.85. The normalized spacial score (nSPS) is 27.8. The fraction of sp³-hybridized carbons (Fsp3) is 0.429. The molecule has 1 aromatic heterocycles. The quantitative estimate of drug-likeness (QED) is 0.759. The van der Waals surface area contributed by atoms with Crippen molar-refractivity contribution in [2.24, 2.45) is 5.92 Å². The summed E-state index contributed by atoms with van der Waals surface area (Å²) in [6.45, 7) is 0.416. The van der Waals surface area contributed by atoms with E-state index in [1.807, 2.05) is 30.3 Å². The number of carbonyl (C=O) groups excluding carboxylic acids is 1. The molecule has 4 rings (SSSR count). The number of nitrogens with zero attached hydrogens (tertiary/aromatic N) is 1. The Balaban J connectivity index is 1.67. The lowest BCUT2D eigenvalue weighted by Crippen LogP contribution is -2.59. The number of H-pyrrole nitrogens is 1. The number of aromatic nitrogens is 1. The Hall–Kier alpha value is -2.60. The predicted octanol–water partition coefficient (Wildman–Crippen LogP) is 2.37. The number of pyridine rings is 1. The maximum atomic E-state index is 13.1. The number of nitrogens with one attached hydrogen (secondary N) is 1. The molecule has 6 heteroatoms. The molecule has 1 saturated heterocycles. The second-order valence-corrected chi connectivity index (χ2v) is 7.62. The van der Waals surface area contributed by atoms with Gasteiger partial charge in [0.2, 0.25) is 0 Å². The molecular weight excluding hydrogens is 344 g/mol. The Labute approximate surface area is 157 Å². The Kier molecular flexibility index (Phi) is 4.52. The minimum absolute atomic E-state index is 0.0399. The highest BCUT2D eigenvalue weighted by Gasteiger charge is 2.50. The number of aromatic hydroxyl groups is 1. The summed E-state index contributed by atoms with van der Waals surface area (Å²) in [5.41, 5.74) is -0.357. The minimum Gasteiger partial charge on any atom is -0.494 e. The lowest BCUT2D eigenvalue weighted by molar-refractivity contribution is -0.110. The van der Waals surface area contributed by atoms with Crippen molar-refractivity contribution < 1.29 is 15.0 Å². The van der Waals surface area contributed by atoms with Gasteiger partial charge in [0.1, 0.15) is 0 Å². The third kappa shape index (κ3) is 3.14. The number of amides is 1. The average Bonchev–Trinajstić information content (AvgIpc) is 2.68. The number of carbonyl (C=O) groups is 1. The third-order valence-corrected chi connectivity index (χ3v) is 6.09. The fourth-order valence-corrected chi connectivity index (χ4v) is 4.84. The summed E-state index contributed by atoms with van der Waals surface area (Å²) in [6.07, 6.45) is 4.20. The largest absolute Gasteiger partial charge is 0.494 e. The average molecular weight is 368 g/mol. The van der Waals surface area contributed by atoms with E-state index in [0.29, 0.717) is 13.0 Å². The topological polar surface area (TPSA) is 93.6 Å². The molecular formula is C21H24N2O4. The molecule has 27 heavy (non-hydrogen) atoms. The SMILES string of the molecule is O=C(c1cc(O)[nH]c(=O)c1)N1CC[C@](O)(c2ccccc2)[C@H]2CCCC[C@H]21. The molecule has 2 aromatic rings. The van der Waals surface area contributed by atoms with Gasteiger partial charge in [0.15, 0.2) is 5.88 Å². The lowest BCUT2D eigenvalue weighted by atomic mass is 9.66. The Morgan fingerprint density at radius 1 is 1.15 bits per heavy atom. The van der Waals surface area contributed by atoms with Gasteiger partial charge in [-0.3, -0.25) is 14.6 Å². The number of aromatic amines is 1. The van der Waals surface area contributed by atoms with Crippen LogP contribution in [-0.2, 0) is 5.60 Å². The van der Waals surface area contributed by atoms with Gasteiger partial charge in [-0.05, 0) is 24.8 Å². The van der Waals surface area contributed by atoms with E-state index in [1.54, 1.807) is 4.90 Å². The molecule has 1 aromatic carbocycles. The summed E-state index contributed by atoms with van der Waals surface area (Å²) in [6, 6.07) is 12.1. The zero-order valence-corrected chi connectivity index (χ0v) is 15.1. The standard InChI is InChI=1S/C21H24N2O4/c24-18-12-14(13-19(25)22-18)20(26)23-11-10-21(27,15-6-2-1-3-7-15)16-8-4-5-9-17(16)23/h1-3,6-7,12-13,16-17,27H,4-5,8-11H2,(H2,22,24,25)/t16-,17+,21-/m0/s1. The van der Waals surface area contributed by atoms with Gasteiger partial charge in [-0.1, -0.05) is 43.2 Å². The molecule has 6 nitrogen and oxygen atoms in total. The first kappa shape index (κ1) is 17.8. The van der Waals surface area contributed by atoms with E-state index in [0.717, 1.165) is 31.2 Å². The van der Waals surface area contributed by atoms with Crippen LogP contribution in [0.25, 0.3) is 0 Å². The summed E-state index contributed by atoms with van der Waals surface area (Å²) in [5, 5.41) is 21.2. The highest BCUT2D eigenvalue weighted by molar-refractivity contribution is 5.94. The number of hydrogen-bond donors (Lipinski definition) is 3. The van der Waals surface area contributed by atoms with Crippen LogP contribution in [0.2, 0.25) is 0 Å². The molecule has 1 amide bonds. The van der Waals surface area contributed by atoms with Crippen LogP contribution in [0, 0.1) is 5.92 Å². The van der Waals surface area contributed by atoms with E-state index in [2.05, 4.69) is 4.98 Å². The number of likely N-dealkylation sites (tertiary alicyclic amines) is 1. The number of benzene rings is 1. The molecule has 0 radical (unpaired) electrons. The summed E-state index contributed by atoms with van der Waals surface area (Å²) in [5.74, 6) is -0.616. The summed E-state index contributed by atoms with van der Waals surface area (Å²) in [7, 11) is 0. The van der Waals surface area contributed by atoms with Gasteiger partial charge in [-0.2, -0.15) is 0 Å². The monoisotopic (exact) mass is 368 g/mol. The number of fused-ring (bicyclic) bond motifs is 1. The summed E-state index contributed by atoms with van der Waals surface area (Å²) < 4.78 is 0. The third-order valence-electron chi connectivity index (χ3n) is 6.09. The van der Waals surface area contributed by atoms with E-state index in [4.69, 9.17) is 0 Å². The molecule has 0 spiro atoms. The Morgan fingerprint density at radius 3 is 2.63 bits per heavy atom. The maximum absolute atomic E-state index is 13.1. The van der Waals surface area contributed by atoms with Crippen LogP contribution >= 0.6 is 0 Å². The van der Waals surface area contributed by atoms with Crippen molar-refractivity contribution in [1.82, 2.24) is 9.88 Å². The van der Waals surface area contributed by atoms with Crippen LogP contribution in [0.5, 0.6) is 5.88 Å². The molecule has 2 fully saturated rings. The first-order valence-corrected chi connectivity index (χ1v) is 9.51. The van der Waals surface area contributed by atoms with Gasteiger partial charge in [0.25, 0.3) is 11.5 Å². The van der Waals surface area contributed by atoms with Crippen molar-refractivity contribution in [2.75, 3.05) is 6.54 Å². The van der Waals surface area contributed by atoms with Crippen molar-refractivity contribution in [3.05, 3.63) is 63.9 Å². The highest BCUT2D eigenvalue weighted by atomic mass is 16.3. The summed E-state index contributed by atoms with van der Waals surface area (Å²) in [4.78, 5) is 28.8. The molecule has 0 bridgehead atoms. The molecule has 1 aliphatic heterocycles. The number of aliphatic hydroxyl groups is 1. The van der Waals surface area contributed by atoms with Crippen LogP contribution < -0.4 is 5.56 Å². The van der Waals surface area contributed by atoms with E-state index in [9.17, 15) is 19.8 Å². The smallest absolute Gasteiger partial charge is 0.254 e. The number of hydrogen-bond acceptors (Lipinski definition) is 4. The zero-order chi connectivity index (χ0) is 19.0. The minimum atomic E-state index is -0.945. The first-order chi connectivity index (χ1) is 13.0. The molecule has 1 saturated carbocycles. The van der Waals surface area contributed by atoms with Crippen molar-refractivity contribution in [3.8, 4) is 5.88 Å². The van der Waals surface area contributed by atoms with Gasteiger partial charge >= 0.3 is 0 Å². The Bertz CT molecular complexity index is 895. The lowest BCUT2D eigenvalue weighted by Gasteiger charge is -2.52. The molecule has 1 aliphatic carbocycles. The van der Waals surface area contributed by atoms with E-state index >= 15 is 0 Å². The fourth-order valence-electron chi connectivity index (χ4n) is 4.84. The molecule has 2 aliphatic rings. The molecule has 2 heterocycles. The Morgan fingerprint density at radius 2 is 1.89 bits per heavy atom. The zero-order valence-electron chi connectivity index (χ0n) is 15.1. The maximum Gasteiger partial charge on any atom is 0.254 e. The first-order valence-electron chi connectivity index (χ1n) is 9.51. The van der Waals surface area contributed by atoms with Crippen LogP contribution in [0.15, 0.2) is 47.3 Å². The summed E-state index contributed by atoms with van der Waals surface area (Å²) >= 11 is 0. The van der Waals surface area contributed by atoms with Crippen LogP contribution in [0.3, 0.4) is 0 Å². The van der Waals surface area contributed by atoms with E-state index < -0.39 is 11.2 Å². The predicted molar refractivity (Wildman–Crippen MR) is 100 cm³/mol. The molecule has 3 N–H and O–H groups in total. The van der Waals surface area contributed by atoms with Crippen molar-refractivity contribution >= 4 is 5.91 Å². The van der Waals surface area contributed by atoms with Crippen LogP contribution in [-0.4, -0.2) is 38.6 Å². The molecule has 142 valence electrons. The number of piperidine rings is 1. The second-order valence-electron chi connectivity index (χ2n) is 7.62. The van der Waals surface area contributed by atoms with Crippen LogP contribution in [0.1, 0.15) is 48.0 Å². The van der Waals surface area contributed by atoms with Crippen molar-refractivity contribution in [1.29, 1.82) is 0 Å². The van der Waals surface area contributed by atoms with Crippen molar-refractivity contribution in [3.63, 3.8) is 0 Å². The van der Waals surface area contributed by atoms with E-state index in [-0.39, 0.29) is 29.3 Å². The number of rotatable bonds is 2. The van der Waals surface area contributed by atoms with Gasteiger partial charge in [0, 0.05) is 30.6 Å². The highest BCUT2D eigenvalue weighted by Crippen LogP contribution is 2.47. The van der Waals surface area contributed by atoms with Crippen LogP contribution in [0.4, 0.5) is 0 Å². The van der Waals surface area contributed by atoms with Gasteiger partial charge < -0.3 is 15.1 Å². The molecule has 0 unspecified atom stereocenters. The van der Waals surface area contributed by atoms with Gasteiger partial charge in [-0.15, -0.1) is 0 Å². The van der Waals surface area contributed by atoms with E-state index in [1.165, 1.54) is 12.1 Å². The van der Waals surface area contributed by atoms with Gasteiger partial charge in [0.05, 0.1) is 11.2 Å². The molecule has 3 atom stereocenters.